The van der Waals surface area contributed by atoms with Crippen LogP contribution in [-0.4, -0.2) is 41.7 Å². The molecule has 3 aromatic carbocycles. The lowest BCUT2D eigenvalue weighted by atomic mass is 9.85. The Hall–Kier alpha value is -3.85. The Morgan fingerprint density at radius 3 is 2.35 bits per heavy atom. The fraction of sp³-hybridized carbons (Fsp3) is 0.286. The average Bonchev–Trinajstić information content (AvgIpc) is 2.89. The predicted molar refractivity (Wildman–Crippen MR) is 131 cm³/mol. The topological polar surface area (TPSA) is 78.9 Å². The van der Waals surface area contributed by atoms with Crippen LogP contribution in [0.3, 0.4) is 0 Å². The minimum absolute atomic E-state index is 0.154. The zero-order valence-electron chi connectivity index (χ0n) is 20.2. The molecule has 6 nitrogen and oxygen atoms in total. The van der Waals surface area contributed by atoms with Gasteiger partial charge in [0.2, 0.25) is 5.91 Å². The molecular formula is C28H27F3N2O4. The number of benzene rings is 3. The molecule has 1 fully saturated rings. The highest BCUT2D eigenvalue weighted by molar-refractivity contribution is 5.76. The highest BCUT2D eigenvalue weighted by Crippen LogP contribution is 2.39. The lowest BCUT2D eigenvalue weighted by molar-refractivity contribution is -0.124. The van der Waals surface area contributed by atoms with Crippen LogP contribution in [0.1, 0.15) is 36.9 Å². The molecule has 2 N–H and O–H groups in total. The van der Waals surface area contributed by atoms with E-state index in [4.69, 9.17) is 9.84 Å². The molecular weight excluding hydrogens is 485 g/mol. The zero-order chi connectivity index (χ0) is 26.6. The van der Waals surface area contributed by atoms with Crippen LogP contribution in [0, 0.1) is 17.5 Å². The summed E-state index contributed by atoms with van der Waals surface area (Å²) >= 11 is 0. The van der Waals surface area contributed by atoms with Crippen molar-refractivity contribution in [2.45, 2.75) is 31.4 Å². The minimum atomic E-state index is -1.08. The molecule has 4 rings (SSSR count). The maximum absolute atomic E-state index is 14.2. The second-order valence-electron chi connectivity index (χ2n) is 8.99. The molecule has 2 amide bonds. The van der Waals surface area contributed by atoms with Crippen molar-refractivity contribution in [3.8, 4) is 11.1 Å². The largest absolute Gasteiger partial charge is 0.438 e. The van der Waals surface area contributed by atoms with Gasteiger partial charge in [0, 0.05) is 37.6 Å². The van der Waals surface area contributed by atoms with Crippen molar-refractivity contribution < 1.29 is 32.6 Å². The first kappa shape index (κ1) is 26.2. The first-order chi connectivity index (χ1) is 17.7. The monoisotopic (exact) mass is 512 g/mol. The van der Waals surface area contributed by atoms with Gasteiger partial charge in [0.1, 0.15) is 29.7 Å². The summed E-state index contributed by atoms with van der Waals surface area (Å²) in [6.45, 7) is 1.68. The Bertz CT molecular complexity index is 1270. The van der Waals surface area contributed by atoms with Crippen LogP contribution in [0.15, 0.2) is 66.7 Å². The number of carbonyl (C=O) groups excluding carboxylic acids is 2. The molecule has 1 saturated heterocycles. The van der Waals surface area contributed by atoms with Gasteiger partial charge in [-0.1, -0.05) is 36.4 Å². The van der Waals surface area contributed by atoms with Gasteiger partial charge in [-0.05, 0) is 47.9 Å². The quantitative estimate of drug-likeness (QED) is 0.442. The van der Waals surface area contributed by atoms with Crippen molar-refractivity contribution in [3.05, 3.63) is 95.3 Å². The third-order valence-corrected chi connectivity index (χ3v) is 6.74. The molecule has 0 aliphatic carbocycles. The summed E-state index contributed by atoms with van der Waals surface area (Å²) < 4.78 is 46.9. The van der Waals surface area contributed by atoms with Crippen molar-refractivity contribution in [2.75, 3.05) is 19.7 Å². The highest BCUT2D eigenvalue weighted by atomic mass is 19.1. The first-order valence-electron chi connectivity index (χ1n) is 11.9. The molecule has 3 aromatic rings. The number of cyclic esters (lactones) is 1. The number of hydrogen-bond acceptors (Lipinski definition) is 4. The number of aliphatic hydroxyl groups is 1. The van der Waals surface area contributed by atoms with E-state index in [2.05, 4.69) is 5.32 Å². The fourth-order valence-electron chi connectivity index (χ4n) is 4.60. The van der Waals surface area contributed by atoms with Crippen LogP contribution in [0.2, 0.25) is 0 Å². The molecule has 2 atom stereocenters. The maximum atomic E-state index is 14.2. The van der Waals surface area contributed by atoms with Crippen molar-refractivity contribution in [3.63, 3.8) is 0 Å². The van der Waals surface area contributed by atoms with E-state index in [1.54, 1.807) is 41.3 Å². The van der Waals surface area contributed by atoms with Crippen LogP contribution in [0.4, 0.5) is 18.0 Å². The standard InChI is InChI=1S/C28H27F3N2O4/c1-18(19-2-4-20(5-3-19)24-11-10-23(30)16-25(24)31)33-15-13-28(37-27(33)36,12-14-32-26(35)17-34)21-6-8-22(29)9-7-21/h2-11,16,18,34H,12-15,17H2,1H3,(H,32,35). The van der Waals surface area contributed by atoms with E-state index in [9.17, 15) is 22.8 Å². The summed E-state index contributed by atoms with van der Waals surface area (Å²) in [4.78, 5) is 26.3. The number of ether oxygens (including phenoxy) is 1. The second-order valence-corrected chi connectivity index (χ2v) is 8.99. The molecule has 9 heteroatoms. The second kappa shape index (κ2) is 11.0. The van der Waals surface area contributed by atoms with Crippen LogP contribution in [-0.2, 0) is 15.1 Å². The van der Waals surface area contributed by atoms with Crippen molar-refractivity contribution in [1.82, 2.24) is 10.2 Å². The van der Waals surface area contributed by atoms with Gasteiger partial charge in [-0.2, -0.15) is 0 Å². The summed E-state index contributed by atoms with van der Waals surface area (Å²) in [6, 6.07) is 15.7. The summed E-state index contributed by atoms with van der Waals surface area (Å²) in [6.07, 6.45) is 0.0731. The number of nitrogens with one attached hydrogen (secondary N) is 1. The number of rotatable bonds is 8. The molecule has 0 bridgehead atoms. The first-order valence-corrected chi connectivity index (χ1v) is 11.9. The van der Waals surface area contributed by atoms with Gasteiger partial charge in [0.25, 0.3) is 0 Å². The molecule has 0 radical (unpaired) electrons. The lowest BCUT2D eigenvalue weighted by Gasteiger charge is -2.43. The number of nitrogens with zero attached hydrogens (tertiary/aromatic N) is 1. The van der Waals surface area contributed by atoms with Gasteiger partial charge in [-0.15, -0.1) is 0 Å². The van der Waals surface area contributed by atoms with Gasteiger partial charge in [0.15, 0.2) is 0 Å². The van der Waals surface area contributed by atoms with Crippen LogP contribution in [0.25, 0.3) is 11.1 Å². The van der Waals surface area contributed by atoms with Gasteiger partial charge < -0.3 is 20.1 Å². The zero-order valence-corrected chi connectivity index (χ0v) is 20.2. The molecule has 1 aliphatic rings. The van der Waals surface area contributed by atoms with E-state index in [0.29, 0.717) is 24.1 Å². The van der Waals surface area contributed by atoms with Gasteiger partial charge in [0.05, 0.1) is 6.04 Å². The molecule has 194 valence electrons. The highest BCUT2D eigenvalue weighted by Gasteiger charge is 2.43. The number of aliphatic hydroxyl groups excluding tert-OH is 1. The van der Waals surface area contributed by atoms with Gasteiger partial charge >= 0.3 is 6.09 Å². The number of halogens is 3. The molecule has 0 saturated carbocycles. The molecule has 0 spiro atoms. The third kappa shape index (κ3) is 5.77. The van der Waals surface area contributed by atoms with Crippen molar-refractivity contribution in [1.29, 1.82) is 0 Å². The van der Waals surface area contributed by atoms with Gasteiger partial charge in [-0.3, -0.25) is 4.79 Å². The summed E-state index contributed by atoms with van der Waals surface area (Å²) in [7, 11) is 0. The van der Waals surface area contributed by atoms with Crippen molar-refractivity contribution >= 4 is 12.0 Å². The number of carbonyl (C=O) groups is 2. The van der Waals surface area contributed by atoms with E-state index >= 15 is 0 Å². The third-order valence-electron chi connectivity index (χ3n) is 6.74. The lowest BCUT2D eigenvalue weighted by Crippen LogP contribution is -2.50. The Balaban J connectivity index is 1.51. The summed E-state index contributed by atoms with van der Waals surface area (Å²) in [5.41, 5.74) is 1.18. The SMILES string of the molecule is CC(c1ccc(-c2ccc(F)cc2F)cc1)N1CCC(CCNC(=O)CO)(c2ccc(F)cc2)OC1=O. The average molecular weight is 513 g/mol. The molecule has 37 heavy (non-hydrogen) atoms. The normalized spacial score (nSPS) is 18.3. The van der Waals surface area contributed by atoms with E-state index in [0.717, 1.165) is 11.6 Å². The number of amides is 2. The molecule has 2 unspecified atom stereocenters. The van der Waals surface area contributed by atoms with E-state index in [1.807, 2.05) is 6.92 Å². The molecule has 0 aromatic heterocycles. The Labute approximate surface area is 212 Å². The summed E-state index contributed by atoms with van der Waals surface area (Å²) in [5, 5.41) is 11.5. The molecule has 1 heterocycles. The Morgan fingerprint density at radius 1 is 1.05 bits per heavy atom. The van der Waals surface area contributed by atoms with Crippen molar-refractivity contribution in [2.24, 2.45) is 0 Å². The minimum Gasteiger partial charge on any atom is -0.438 e. The van der Waals surface area contributed by atoms with Crippen LogP contribution in [0.5, 0.6) is 0 Å². The maximum Gasteiger partial charge on any atom is 0.411 e. The van der Waals surface area contributed by atoms with Crippen LogP contribution >= 0.6 is 0 Å². The van der Waals surface area contributed by atoms with Gasteiger partial charge in [-0.25, -0.2) is 18.0 Å². The molecule has 1 aliphatic heterocycles. The fourth-order valence-corrected chi connectivity index (χ4v) is 4.60. The summed E-state index contributed by atoms with van der Waals surface area (Å²) in [5.74, 6) is -2.28. The van der Waals surface area contributed by atoms with E-state index < -0.39 is 41.7 Å². The van der Waals surface area contributed by atoms with E-state index in [1.165, 1.54) is 24.3 Å². The Kier molecular flexibility index (Phi) is 7.83. The number of hydrogen-bond donors (Lipinski definition) is 2. The predicted octanol–water partition coefficient (Wildman–Crippen LogP) is 5.07. The van der Waals surface area contributed by atoms with Crippen LogP contribution < -0.4 is 5.32 Å². The Morgan fingerprint density at radius 2 is 1.73 bits per heavy atom. The van der Waals surface area contributed by atoms with E-state index in [-0.39, 0.29) is 24.6 Å². The smallest absolute Gasteiger partial charge is 0.411 e.